The third kappa shape index (κ3) is 3.47. The van der Waals surface area contributed by atoms with Crippen molar-refractivity contribution in [3.05, 3.63) is 82.6 Å². The number of methoxy groups -OCH3 is 1. The maximum absolute atomic E-state index is 13.4. The van der Waals surface area contributed by atoms with E-state index < -0.39 is 0 Å². The molecular formula is C24H22N2O2. The number of pyridine rings is 1. The van der Waals surface area contributed by atoms with E-state index in [9.17, 15) is 4.79 Å². The van der Waals surface area contributed by atoms with Gasteiger partial charge in [0.2, 0.25) is 0 Å². The van der Waals surface area contributed by atoms with Crippen molar-refractivity contribution in [3.8, 4) is 11.1 Å². The molecule has 0 spiro atoms. The van der Waals surface area contributed by atoms with Crippen LogP contribution in [0.25, 0.3) is 32.8 Å². The van der Waals surface area contributed by atoms with Gasteiger partial charge in [-0.05, 0) is 47.7 Å². The number of ether oxygens (including phenoxy) is 1. The smallest absolute Gasteiger partial charge is 0.195 e. The topological polar surface area (TPSA) is 51.2 Å². The van der Waals surface area contributed by atoms with Gasteiger partial charge in [0.15, 0.2) is 5.43 Å². The second-order valence-corrected chi connectivity index (χ2v) is 6.86. The molecule has 4 heteroatoms. The molecule has 4 rings (SSSR count). The highest BCUT2D eigenvalue weighted by Gasteiger charge is 2.09. The highest BCUT2D eigenvalue weighted by molar-refractivity contribution is 5.96. The zero-order valence-electron chi connectivity index (χ0n) is 16.0. The van der Waals surface area contributed by atoms with Crippen molar-refractivity contribution in [3.63, 3.8) is 0 Å². The Morgan fingerprint density at radius 1 is 0.929 bits per heavy atom. The highest BCUT2D eigenvalue weighted by atomic mass is 16.5. The molecule has 0 amide bonds. The normalized spacial score (nSPS) is 11.1. The van der Waals surface area contributed by atoms with Crippen LogP contribution >= 0.6 is 0 Å². The molecule has 1 N–H and O–H groups in total. The molecule has 1 aromatic heterocycles. The summed E-state index contributed by atoms with van der Waals surface area (Å²) in [5.74, 6) is 0. The molecule has 140 valence electrons. The van der Waals surface area contributed by atoms with Gasteiger partial charge in [-0.1, -0.05) is 36.4 Å². The molecule has 0 saturated heterocycles. The number of aromatic nitrogens is 1. The lowest BCUT2D eigenvalue weighted by molar-refractivity contribution is 0.211. The van der Waals surface area contributed by atoms with Gasteiger partial charge in [-0.15, -0.1) is 0 Å². The van der Waals surface area contributed by atoms with Gasteiger partial charge in [-0.2, -0.15) is 0 Å². The van der Waals surface area contributed by atoms with Crippen molar-refractivity contribution in [2.75, 3.05) is 25.6 Å². The molecule has 3 aromatic carbocycles. The lowest BCUT2D eigenvalue weighted by Crippen LogP contribution is -2.08. The molecular weight excluding hydrogens is 348 g/mol. The van der Waals surface area contributed by atoms with Crippen molar-refractivity contribution in [1.29, 1.82) is 0 Å². The Morgan fingerprint density at radius 2 is 1.75 bits per heavy atom. The summed E-state index contributed by atoms with van der Waals surface area (Å²) >= 11 is 0. The van der Waals surface area contributed by atoms with Gasteiger partial charge in [0.25, 0.3) is 0 Å². The summed E-state index contributed by atoms with van der Waals surface area (Å²) in [5.41, 5.74) is 4.66. The molecule has 0 unspecified atom stereocenters. The maximum atomic E-state index is 13.4. The van der Waals surface area contributed by atoms with Gasteiger partial charge in [-0.3, -0.25) is 9.78 Å². The number of rotatable bonds is 5. The molecule has 0 atom stereocenters. The molecule has 28 heavy (non-hydrogen) atoms. The third-order valence-electron chi connectivity index (χ3n) is 4.94. The first-order valence-corrected chi connectivity index (χ1v) is 9.33. The van der Waals surface area contributed by atoms with Crippen LogP contribution in [0.2, 0.25) is 0 Å². The fourth-order valence-corrected chi connectivity index (χ4v) is 3.49. The van der Waals surface area contributed by atoms with Crippen LogP contribution in [-0.2, 0) is 4.74 Å². The number of hydrogen-bond donors (Lipinski definition) is 1. The number of anilines is 1. The minimum Gasteiger partial charge on any atom is -0.383 e. The van der Waals surface area contributed by atoms with E-state index >= 15 is 0 Å². The zero-order chi connectivity index (χ0) is 19.5. The minimum absolute atomic E-state index is 0.00114. The van der Waals surface area contributed by atoms with Crippen LogP contribution in [0.3, 0.4) is 0 Å². The lowest BCUT2D eigenvalue weighted by Gasteiger charge is -2.08. The van der Waals surface area contributed by atoms with E-state index in [0.29, 0.717) is 29.4 Å². The van der Waals surface area contributed by atoms with E-state index in [4.69, 9.17) is 4.74 Å². The Balaban J connectivity index is 1.93. The molecule has 0 aliphatic carbocycles. The number of benzene rings is 2. The van der Waals surface area contributed by atoms with Gasteiger partial charge in [0, 0.05) is 41.9 Å². The summed E-state index contributed by atoms with van der Waals surface area (Å²) in [7, 11) is 1.67. The van der Waals surface area contributed by atoms with Crippen molar-refractivity contribution in [1.82, 2.24) is 4.98 Å². The van der Waals surface area contributed by atoms with Crippen LogP contribution in [0.15, 0.2) is 71.7 Å². The van der Waals surface area contributed by atoms with Gasteiger partial charge in [0.1, 0.15) is 0 Å². The molecule has 0 aliphatic rings. The SMILES string of the molecule is COCCNc1cc(C)c2ccc3ncc(-c4ccccc4)cc3c(=O)c2c1. The Morgan fingerprint density at radius 3 is 2.54 bits per heavy atom. The highest BCUT2D eigenvalue weighted by Crippen LogP contribution is 2.25. The predicted molar refractivity (Wildman–Crippen MR) is 116 cm³/mol. The van der Waals surface area contributed by atoms with Crippen LogP contribution in [0.1, 0.15) is 5.56 Å². The van der Waals surface area contributed by atoms with Crippen molar-refractivity contribution in [2.45, 2.75) is 6.92 Å². The molecule has 0 fully saturated rings. The molecule has 1 heterocycles. The average molecular weight is 370 g/mol. The zero-order valence-corrected chi connectivity index (χ0v) is 16.0. The Labute approximate surface area is 163 Å². The molecule has 4 aromatic rings. The van der Waals surface area contributed by atoms with E-state index in [1.165, 1.54) is 0 Å². The summed E-state index contributed by atoms with van der Waals surface area (Å²) in [6.45, 7) is 3.32. The first-order chi connectivity index (χ1) is 13.7. The molecule has 4 nitrogen and oxygen atoms in total. The molecule has 0 aliphatic heterocycles. The van der Waals surface area contributed by atoms with Gasteiger partial charge < -0.3 is 10.1 Å². The number of nitrogens with zero attached hydrogens (tertiary/aromatic N) is 1. The standard InChI is InChI=1S/C24H22N2O2/c1-16-12-19(25-10-11-28-2)14-21-20(16)8-9-23-22(24(21)27)13-18(15-26-23)17-6-4-3-5-7-17/h3-9,12-15,25H,10-11H2,1-2H3. The van der Waals surface area contributed by atoms with Crippen LogP contribution < -0.4 is 10.7 Å². The van der Waals surface area contributed by atoms with E-state index in [1.807, 2.05) is 67.7 Å². The van der Waals surface area contributed by atoms with Crippen LogP contribution in [0, 0.1) is 6.92 Å². The van der Waals surface area contributed by atoms with Crippen molar-refractivity contribution in [2.24, 2.45) is 0 Å². The lowest BCUT2D eigenvalue weighted by atomic mass is 10.0. The summed E-state index contributed by atoms with van der Waals surface area (Å²) in [6.07, 6.45) is 1.83. The maximum Gasteiger partial charge on any atom is 0.195 e. The predicted octanol–water partition coefficient (Wildman–Crippen LogP) is 4.78. The summed E-state index contributed by atoms with van der Waals surface area (Å²) in [6, 6.07) is 19.8. The Kier molecular flexibility index (Phi) is 5.04. The third-order valence-corrected chi connectivity index (χ3v) is 4.94. The fourth-order valence-electron chi connectivity index (χ4n) is 3.49. The number of aryl methyl sites for hydroxylation is 1. The van der Waals surface area contributed by atoms with Crippen LogP contribution in [-0.4, -0.2) is 25.2 Å². The van der Waals surface area contributed by atoms with Gasteiger partial charge in [-0.25, -0.2) is 0 Å². The van der Waals surface area contributed by atoms with Crippen molar-refractivity contribution < 1.29 is 4.74 Å². The van der Waals surface area contributed by atoms with E-state index in [1.54, 1.807) is 7.11 Å². The van der Waals surface area contributed by atoms with E-state index in [0.717, 1.165) is 27.8 Å². The fraction of sp³-hybridized carbons (Fsp3) is 0.167. The quantitative estimate of drug-likeness (QED) is 0.514. The molecule has 0 radical (unpaired) electrons. The molecule has 0 saturated carbocycles. The first kappa shape index (κ1) is 18.1. The number of fused-ring (bicyclic) bond motifs is 2. The van der Waals surface area contributed by atoms with E-state index in [-0.39, 0.29) is 5.43 Å². The summed E-state index contributed by atoms with van der Waals surface area (Å²) in [5, 5.41) is 5.59. The number of hydrogen-bond acceptors (Lipinski definition) is 4. The average Bonchev–Trinajstić information content (AvgIpc) is 2.86. The largest absolute Gasteiger partial charge is 0.383 e. The minimum atomic E-state index is -0.00114. The Bertz CT molecular complexity index is 1200. The second-order valence-electron chi connectivity index (χ2n) is 6.86. The second kappa shape index (κ2) is 7.79. The molecule has 0 bridgehead atoms. The van der Waals surface area contributed by atoms with Crippen LogP contribution in [0.4, 0.5) is 5.69 Å². The monoisotopic (exact) mass is 370 g/mol. The summed E-state index contributed by atoms with van der Waals surface area (Å²) < 4.78 is 5.10. The summed E-state index contributed by atoms with van der Waals surface area (Å²) in [4.78, 5) is 18.0. The van der Waals surface area contributed by atoms with Crippen LogP contribution in [0.5, 0.6) is 0 Å². The van der Waals surface area contributed by atoms with Gasteiger partial charge in [0.05, 0.1) is 12.1 Å². The Hall–Kier alpha value is -3.24. The van der Waals surface area contributed by atoms with Gasteiger partial charge >= 0.3 is 0 Å². The van der Waals surface area contributed by atoms with Crippen molar-refractivity contribution >= 4 is 27.4 Å². The number of nitrogens with one attached hydrogen (secondary N) is 1. The van der Waals surface area contributed by atoms with E-state index in [2.05, 4.69) is 16.4 Å². The first-order valence-electron chi connectivity index (χ1n) is 9.33.